The van der Waals surface area contributed by atoms with Gasteiger partial charge in [0.2, 0.25) is 0 Å². The molecule has 2 aromatic rings. The van der Waals surface area contributed by atoms with Crippen molar-refractivity contribution in [3.05, 3.63) is 57.3 Å². The first-order valence-corrected chi connectivity index (χ1v) is 8.15. The van der Waals surface area contributed by atoms with Gasteiger partial charge in [0.05, 0.1) is 5.92 Å². The van der Waals surface area contributed by atoms with E-state index in [9.17, 15) is 14.7 Å². The molecule has 122 valence electrons. The molecule has 2 N–H and O–H groups in total. The number of carboxylic acid groups (broad SMARTS) is 2. The van der Waals surface area contributed by atoms with Crippen LogP contribution in [0.1, 0.15) is 52.4 Å². The zero-order valence-electron chi connectivity index (χ0n) is 13.4. The molecule has 5 heteroatoms. The third kappa shape index (κ3) is 4.20. The Labute approximate surface area is 139 Å². The average Bonchev–Trinajstić information content (AvgIpc) is 2.92. The molecule has 0 bridgehead atoms. The lowest BCUT2D eigenvalue weighted by atomic mass is 9.85. The molecule has 0 fully saturated rings. The molecule has 1 aromatic heterocycles. The highest BCUT2D eigenvalue weighted by molar-refractivity contribution is 7.13. The van der Waals surface area contributed by atoms with Crippen molar-refractivity contribution in [2.45, 2.75) is 38.5 Å². The zero-order valence-corrected chi connectivity index (χ0v) is 14.2. The summed E-state index contributed by atoms with van der Waals surface area (Å²) < 4.78 is 0. The van der Waals surface area contributed by atoms with Crippen LogP contribution in [0, 0.1) is 0 Å². The van der Waals surface area contributed by atoms with Gasteiger partial charge in [-0.05, 0) is 35.1 Å². The van der Waals surface area contributed by atoms with Crippen LogP contribution >= 0.6 is 11.3 Å². The van der Waals surface area contributed by atoms with Gasteiger partial charge in [-0.15, -0.1) is 11.3 Å². The van der Waals surface area contributed by atoms with Crippen LogP contribution in [0.25, 0.3) is 0 Å². The first-order chi connectivity index (χ1) is 10.7. The van der Waals surface area contributed by atoms with Gasteiger partial charge in [0.15, 0.2) is 0 Å². The first-order valence-electron chi connectivity index (χ1n) is 7.33. The second-order valence-electron chi connectivity index (χ2n) is 6.54. The number of benzene rings is 1. The summed E-state index contributed by atoms with van der Waals surface area (Å²) in [5, 5.41) is 18.5. The number of carboxylic acids is 2. The highest BCUT2D eigenvalue weighted by Crippen LogP contribution is 2.28. The predicted molar refractivity (Wildman–Crippen MR) is 90.5 cm³/mol. The van der Waals surface area contributed by atoms with Gasteiger partial charge in [-0.3, -0.25) is 4.79 Å². The first kappa shape index (κ1) is 17.2. The van der Waals surface area contributed by atoms with Crippen molar-refractivity contribution >= 4 is 23.3 Å². The van der Waals surface area contributed by atoms with Gasteiger partial charge in [0.1, 0.15) is 4.88 Å². The molecule has 0 radical (unpaired) electrons. The second kappa shape index (κ2) is 6.54. The van der Waals surface area contributed by atoms with Gasteiger partial charge in [0.25, 0.3) is 0 Å². The fourth-order valence-corrected chi connectivity index (χ4v) is 3.26. The van der Waals surface area contributed by atoms with Gasteiger partial charge in [-0.1, -0.05) is 45.0 Å². The number of hydrogen-bond donors (Lipinski definition) is 2. The van der Waals surface area contributed by atoms with Crippen LogP contribution < -0.4 is 0 Å². The largest absolute Gasteiger partial charge is 0.481 e. The molecular weight excluding hydrogens is 312 g/mol. The van der Waals surface area contributed by atoms with Crippen molar-refractivity contribution in [3.63, 3.8) is 0 Å². The second-order valence-corrected chi connectivity index (χ2v) is 7.71. The Balaban J connectivity index is 2.24. The fourth-order valence-electron chi connectivity index (χ4n) is 2.37. The molecule has 1 heterocycles. The summed E-state index contributed by atoms with van der Waals surface area (Å²) in [6, 6.07) is 10.8. The molecule has 0 aliphatic heterocycles. The van der Waals surface area contributed by atoms with E-state index in [1.54, 1.807) is 6.07 Å². The van der Waals surface area contributed by atoms with Gasteiger partial charge in [0, 0.05) is 4.88 Å². The van der Waals surface area contributed by atoms with E-state index in [2.05, 4.69) is 20.8 Å². The van der Waals surface area contributed by atoms with Crippen molar-refractivity contribution in [3.8, 4) is 0 Å². The quantitative estimate of drug-likeness (QED) is 0.862. The summed E-state index contributed by atoms with van der Waals surface area (Å²) >= 11 is 1.13. The molecule has 4 nitrogen and oxygen atoms in total. The molecule has 1 atom stereocenters. The average molecular weight is 332 g/mol. The lowest BCUT2D eigenvalue weighted by Gasteiger charge is -2.20. The molecule has 23 heavy (non-hydrogen) atoms. The zero-order chi connectivity index (χ0) is 17.2. The van der Waals surface area contributed by atoms with Crippen LogP contribution in [0.15, 0.2) is 36.4 Å². The maximum absolute atomic E-state index is 11.6. The van der Waals surface area contributed by atoms with Crippen LogP contribution in [0.3, 0.4) is 0 Å². The maximum atomic E-state index is 11.6. The minimum absolute atomic E-state index is 0.0153. The van der Waals surface area contributed by atoms with E-state index in [1.165, 1.54) is 6.07 Å². The topological polar surface area (TPSA) is 74.6 Å². The smallest absolute Gasteiger partial charge is 0.345 e. The van der Waals surface area contributed by atoms with Crippen LogP contribution in [-0.2, 0) is 16.6 Å². The molecule has 0 amide bonds. The van der Waals surface area contributed by atoms with E-state index in [-0.39, 0.29) is 10.3 Å². The number of hydrogen-bond acceptors (Lipinski definition) is 3. The van der Waals surface area contributed by atoms with Crippen LogP contribution in [0.4, 0.5) is 0 Å². The Hall–Kier alpha value is -2.14. The van der Waals surface area contributed by atoms with Gasteiger partial charge >= 0.3 is 11.9 Å². The molecule has 2 rings (SSSR count). The number of aromatic carboxylic acids is 1. The Morgan fingerprint density at radius 1 is 1.04 bits per heavy atom. The van der Waals surface area contributed by atoms with E-state index in [1.807, 2.05) is 24.3 Å². The number of carbonyl (C=O) groups is 2. The molecule has 1 unspecified atom stereocenters. The van der Waals surface area contributed by atoms with Crippen molar-refractivity contribution in [1.82, 2.24) is 0 Å². The van der Waals surface area contributed by atoms with Crippen LogP contribution in [0.2, 0.25) is 0 Å². The molecule has 0 aliphatic carbocycles. The minimum atomic E-state index is -0.984. The Bertz CT molecular complexity index is 707. The van der Waals surface area contributed by atoms with Gasteiger partial charge < -0.3 is 10.2 Å². The standard InChI is InChI=1S/C18H20O4S/c1-18(2,3)12-6-4-11(5-7-12)14(16(19)20)10-13-8-9-15(23-13)17(21)22/h4-9,14H,10H2,1-3H3,(H,19,20)(H,21,22). The van der Waals surface area contributed by atoms with Crippen LogP contribution in [0.5, 0.6) is 0 Å². The predicted octanol–water partition coefficient (Wildman–Crippen LogP) is 4.15. The van der Waals surface area contributed by atoms with E-state index >= 15 is 0 Å². The number of thiophene rings is 1. The highest BCUT2D eigenvalue weighted by Gasteiger charge is 2.23. The Kier molecular flexibility index (Phi) is 4.90. The van der Waals surface area contributed by atoms with E-state index < -0.39 is 17.9 Å². The summed E-state index contributed by atoms with van der Waals surface area (Å²) in [6.45, 7) is 6.32. The fraction of sp³-hybridized carbons (Fsp3) is 0.333. The molecule has 1 aromatic carbocycles. The van der Waals surface area contributed by atoms with Gasteiger partial charge in [-0.2, -0.15) is 0 Å². The molecule has 0 aliphatic rings. The van der Waals surface area contributed by atoms with Crippen LogP contribution in [-0.4, -0.2) is 22.2 Å². The molecular formula is C18H20O4S. The van der Waals surface area contributed by atoms with E-state index in [0.29, 0.717) is 6.42 Å². The number of rotatable bonds is 5. The summed E-state index contributed by atoms with van der Waals surface area (Å²) in [5.41, 5.74) is 1.90. The van der Waals surface area contributed by atoms with Crippen molar-refractivity contribution in [2.75, 3.05) is 0 Å². The highest BCUT2D eigenvalue weighted by atomic mass is 32.1. The SMILES string of the molecule is CC(C)(C)c1ccc(C(Cc2ccc(C(=O)O)s2)C(=O)O)cc1. The van der Waals surface area contributed by atoms with Crippen molar-refractivity contribution < 1.29 is 19.8 Å². The summed E-state index contributed by atoms with van der Waals surface area (Å²) in [6.07, 6.45) is 0.294. The lowest BCUT2D eigenvalue weighted by molar-refractivity contribution is -0.138. The minimum Gasteiger partial charge on any atom is -0.481 e. The third-order valence-corrected chi connectivity index (χ3v) is 4.85. The summed E-state index contributed by atoms with van der Waals surface area (Å²) in [5.74, 6) is -2.56. The lowest BCUT2D eigenvalue weighted by Crippen LogP contribution is -2.15. The van der Waals surface area contributed by atoms with E-state index in [0.717, 1.165) is 27.3 Å². The Morgan fingerprint density at radius 2 is 1.65 bits per heavy atom. The van der Waals surface area contributed by atoms with Crippen molar-refractivity contribution in [2.24, 2.45) is 0 Å². The van der Waals surface area contributed by atoms with E-state index in [4.69, 9.17) is 5.11 Å². The molecule has 0 saturated carbocycles. The Morgan fingerprint density at radius 3 is 2.09 bits per heavy atom. The summed E-state index contributed by atoms with van der Waals surface area (Å²) in [4.78, 5) is 23.5. The van der Waals surface area contributed by atoms with Gasteiger partial charge in [-0.25, -0.2) is 4.79 Å². The normalized spacial score (nSPS) is 12.8. The molecule has 0 saturated heterocycles. The third-order valence-electron chi connectivity index (χ3n) is 3.75. The summed E-state index contributed by atoms with van der Waals surface area (Å²) in [7, 11) is 0. The maximum Gasteiger partial charge on any atom is 0.345 e. The monoisotopic (exact) mass is 332 g/mol. The number of aliphatic carboxylic acids is 1. The van der Waals surface area contributed by atoms with Crippen molar-refractivity contribution in [1.29, 1.82) is 0 Å². The molecule has 0 spiro atoms.